The summed E-state index contributed by atoms with van der Waals surface area (Å²) in [6.45, 7) is 9.04. The summed E-state index contributed by atoms with van der Waals surface area (Å²) in [6.07, 6.45) is 8.26. The molecule has 37 heavy (non-hydrogen) atoms. The van der Waals surface area contributed by atoms with Gasteiger partial charge in [0.25, 0.3) is 0 Å². The van der Waals surface area contributed by atoms with Crippen molar-refractivity contribution < 1.29 is 18.6 Å². The predicted molar refractivity (Wildman–Crippen MR) is 144 cm³/mol. The second kappa shape index (κ2) is 10.4. The molecule has 3 aromatic rings. The molecule has 9 nitrogen and oxygen atoms in total. The van der Waals surface area contributed by atoms with Crippen LogP contribution in [0.1, 0.15) is 29.4 Å². The van der Waals surface area contributed by atoms with Crippen molar-refractivity contribution in [2.45, 2.75) is 19.9 Å². The van der Waals surface area contributed by atoms with Crippen LogP contribution in [0, 0.1) is 12.3 Å². The van der Waals surface area contributed by atoms with E-state index < -0.39 is 0 Å². The van der Waals surface area contributed by atoms with E-state index in [2.05, 4.69) is 81.4 Å². The Morgan fingerprint density at radius 1 is 1.24 bits per heavy atom. The first-order chi connectivity index (χ1) is 17.7. The second-order valence-electron chi connectivity index (χ2n) is 10.6. The highest BCUT2D eigenvalue weighted by Crippen LogP contribution is 2.32. The fourth-order valence-electron chi connectivity index (χ4n) is 5.16. The largest absolute Gasteiger partial charge is 0.498 e. The van der Waals surface area contributed by atoms with Crippen LogP contribution in [-0.2, 0) is 11.8 Å². The molecule has 10 heteroatoms. The molecule has 1 saturated heterocycles. The van der Waals surface area contributed by atoms with Gasteiger partial charge in [-0.15, -0.1) is 11.3 Å². The summed E-state index contributed by atoms with van der Waals surface area (Å²) in [4.78, 5) is 18.5. The minimum Gasteiger partial charge on any atom is -0.427 e. The minimum atomic E-state index is -0.152. The maximum Gasteiger partial charge on any atom is 0.498 e. The normalized spacial score (nSPS) is 21.2. The van der Waals surface area contributed by atoms with Gasteiger partial charge < -0.3 is 14.4 Å². The number of ether oxygens (including phenoxy) is 2. The Kier molecular flexibility index (Phi) is 7.24. The molecule has 2 aliphatic heterocycles. The van der Waals surface area contributed by atoms with Crippen LogP contribution in [0.2, 0.25) is 0 Å². The van der Waals surface area contributed by atoms with E-state index in [0.29, 0.717) is 12.6 Å². The lowest BCUT2D eigenvalue weighted by Gasteiger charge is -2.33. The Balaban J connectivity index is 1.39. The third-order valence-electron chi connectivity index (χ3n) is 6.93. The van der Waals surface area contributed by atoms with Gasteiger partial charge in [0.2, 0.25) is 0 Å². The number of allylic oxidation sites excluding steroid dienone is 1. The van der Waals surface area contributed by atoms with E-state index in [4.69, 9.17) is 14.5 Å². The van der Waals surface area contributed by atoms with Gasteiger partial charge in [-0.25, -0.2) is 9.56 Å². The Hall–Kier alpha value is -2.95. The highest BCUT2D eigenvalue weighted by atomic mass is 32.1. The molecule has 2 aliphatic rings. The number of pyridine rings is 1. The van der Waals surface area contributed by atoms with Gasteiger partial charge >= 0.3 is 6.01 Å². The lowest BCUT2D eigenvalue weighted by Crippen LogP contribution is -2.45. The molecule has 5 rings (SSSR count). The second-order valence-corrected chi connectivity index (χ2v) is 11.6. The number of hydrogen-bond acceptors (Lipinski definition) is 8. The molecule has 2 atom stereocenters. The summed E-state index contributed by atoms with van der Waals surface area (Å²) in [5.41, 5.74) is 4.09. The number of morpholine rings is 1. The van der Waals surface area contributed by atoms with Crippen LogP contribution in [-0.4, -0.2) is 96.1 Å². The summed E-state index contributed by atoms with van der Waals surface area (Å²) in [7, 11) is 8.30. The number of nitrogens with zero attached hydrogens (tertiary/aromatic N) is 7. The Morgan fingerprint density at radius 2 is 2.03 bits per heavy atom. The predicted octanol–water partition coefficient (Wildman–Crippen LogP) is 2.20. The van der Waals surface area contributed by atoms with Crippen molar-refractivity contribution in [2.75, 3.05) is 60.6 Å². The molecule has 5 heterocycles. The zero-order valence-corrected chi connectivity index (χ0v) is 23.5. The number of thiazole rings is 1. The zero-order valence-electron chi connectivity index (χ0n) is 22.6. The number of aromatic nitrogens is 4. The highest BCUT2D eigenvalue weighted by molar-refractivity contribution is 7.18. The van der Waals surface area contributed by atoms with E-state index >= 15 is 0 Å². The molecule has 0 amide bonds. The van der Waals surface area contributed by atoms with Gasteiger partial charge in [0.1, 0.15) is 36.6 Å². The molecule has 0 saturated carbocycles. The SMILES string of the molecule is Cc1cc2sc(C(c3ccnc(OCC4(C)C=C(N5CCOCC5)C=[N+](C)C4)[n+]3C)N(C)C)nc2cn1. The molecule has 2 unspecified atom stereocenters. The van der Waals surface area contributed by atoms with Gasteiger partial charge in [-0.3, -0.25) is 9.88 Å². The highest BCUT2D eigenvalue weighted by Gasteiger charge is 2.36. The molecule has 0 spiro atoms. The summed E-state index contributed by atoms with van der Waals surface area (Å²) in [6, 6.07) is 4.71. The molecule has 3 aromatic heterocycles. The van der Waals surface area contributed by atoms with Crippen LogP contribution in [0.25, 0.3) is 10.2 Å². The fraction of sp³-hybridized carbons (Fsp3) is 0.519. The quantitative estimate of drug-likeness (QED) is 0.440. The molecule has 0 N–H and O–H groups in total. The zero-order chi connectivity index (χ0) is 26.2. The van der Waals surface area contributed by atoms with Gasteiger partial charge in [0.05, 0.1) is 47.8 Å². The maximum atomic E-state index is 6.42. The van der Waals surface area contributed by atoms with Gasteiger partial charge in [-0.05, 0) is 45.1 Å². The van der Waals surface area contributed by atoms with E-state index in [9.17, 15) is 0 Å². The van der Waals surface area contributed by atoms with Crippen molar-refractivity contribution in [3.63, 3.8) is 0 Å². The molecular weight excluding hydrogens is 486 g/mol. The summed E-state index contributed by atoms with van der Waals surface area (Å²) >= 11 is 1.71. The topological polar surface area (TPSA) is 70.5 Å². The van der Waals surface area contributed by atoms with Crippen molar-refractivity contribution in [1.29, 1.82) is 0 Å². The van der Waals surface area contributed by atoms with E-state index in [1.807, 2.05) is 26.4 Å². The van der Waals surface area contributed by atoms with Crippen LogP contribution in [0.15, 0.2) is 36.3 Å². The van der Waals surface area contributed by atoms with Crippen molar-refractivity contribution >= 4 is 27.8 Å². The van der Waals surface area contributed by atoms with E-state index in [1.165, 1.54) is 5.70 Å². The van der Waals surface area contributed by atoms with Crippen molar-refractivity contribution in [1.82, 2.24) is 24.8 Å². The number of fused-ring (bicyclic) bond motifs is 1. The van der Waals surface area contributed by atoms with Crippen LogP contribution in [0.3, 0.4) is 0 Å². The summed E-state index contributed by atoms with van der Waals surface area (Å²) in [5.74, 6) is 0. The summed E-state index contributed by atoms with van der Waals surface area (Å²) < 4.78 is 17.4. The Labute approximate surface area is 222 Å². The molecule has 196 valence electrons. The van der Waals surface area contributed by atoms with Crippen LogP contribution in [0.4, 0.5) is 0 Å². The van der Waals surface area contributed by atoms with Crippen LogP contribution >= 0.6 is 11.3 Å². The molecule has 0 radical (unpaired) electrons. The number of aryl methyl sites for hydroxylation is 1. The van der Waals surface area contributed by atoms with Crippen molar-refractivity contribution in [2.24, 2.45) is 12.5 Å². The average Bonchev–Trinajstić information content (AvgIpc) is 3.27. The Bertz CT molecular complexity index is 1350. The standard InChI is InChI=1S/C27H37N7O2S/c1-19-13-23-21(15-29-19)30-25(37-23)24(31(3)4)22-7-8-28-26(33(22)6)36-18-27(2)14-20(16-32(5)17-27)34-9-11-35-12-10-34/h7-8,13-16,24H,9-12,17-18H2,1-6H3/q+2. The van der Waals surface area contributed by atoms with Gasteiger partial charge in [0, 0.05) is 24.8 Å². The molecule has 1 fully saturated rings. The maximum absolute atomic E-state index is 6.42. The first-order valence-electron chi connectivity index (χ1n) is 12.7. The van der Waals surface area contributed by atoms with E-state index in [-0.39, 0.29) is 11.5 Å². The molecule has 0 bridgehead atoms. The van der Waals surface area contributed by atoms with Gasteiger partial charge in [0.15, 0.2) is 12.8 Å². The van der Waals surface area contributed by atoms with E-state index in [0.717, 1.165) is 59.5 Å². The number of rotatable bonds is 7. The van der Waals surface area contributed by atoms with Crippen molar-refractivity contribution in [3.05, 3.63) is 52.7 Å². The third-order valence-corrected chi connectivity index (χ3v) is 8.00. The van der Waals surface area contributed by atoms with Crippen molar-refractivity contribution in [3.8, 4) is 6.01 Å². The van der Waals surface area contributed by atoms with Gasteiger partial charge in [-0.2, -0.15) is 4.57 Å². The lowest BCUT2D eigenvalue weighted by molar-refractivity contribution is -0.690. The van der Waals surface area contributed by atoms with E-state index in [1.54, 1.807) is 11.3 Å². The first-order valence-corrected chi connectivity index (χ1v) is 13.5. The average molecular weight is 524 g/mol. The Morgan fingerprint density at radius 3 is 2.78 bits per heavy atom. The molecule has 0 aromatic carbocycles. The van der Waals surface area contributed by atoms with Gasteiger partial charge in [-0.1, -0.05) is 0 Å². The third kappa shape index (κ3) is 5.51. The smallest absolute Gasteiger partial charge is 0.427 e. The molecular formula is C27H37N7O2S+2. The first kappa shape index (κ1) is 25.7. The summed E-state index contributed by atoms with van der Waals surface area (Å²) in [5, 5.41) is 1.02. The lowest BCUT2D eigenvalue weighted by atomic mass is 9.88. The fourth-order valence-corrected chi connectivity index (χ4v) is 6.41. The minimum absolute atomic E-state index is 0.0353. The van der Waals surface area contributed by atoms with Crippen LogP contribution in [0.5, 0.6) is 6.01 Å². The monoisotopic (exact) mass is 523 g/mol. The number of hydrogen-bond donors (Lipinski definition) is 0. The molecule has 0 aliphatic carbocycles. The van der Waals surface area contributed by atoms with Crippen LogP contribution < -0.4 is 9.30 Å².